The predicted octanol–water partition coefficient (Wildman–Crippen LogP) is 2.23. The third-order valence-corrected chi connectivity index (χ3v) is 7.99. The molecule has 3 rings (SSSR count). The standard InChI is InChI=1S/C29H46N6O6.C4H10/c1-7-9-20(23(37)26(39)30-12-8-2)32-25(38)22-19-13-18(19)16-35(22)27(40)24(29(3,4)5)33-28(41)31-14-21(36)34(6)15-17-10-11-17;1-4(2)3/h8,17-20,22,24H,2,7,9-16H2,1,3-6H3,(H,30,39)(H,32,38)(H2,31,33,41);4H,1-3H3/t18-,19?,20?,22-,24?;/m0./s1. The van der Waals surface area contributed by atoms with Crippen LogP contribution in [0.4, 0.5) is 4.79 Å². The lowest BCUT2D eigenvalue weighted by Gasteiger charge is -2.36. The molecule has 0 aromatic heterocycles. The highest BCUT2D eigenvalue weighted by Gasteiger charge is 2.58. The minimum Gasteiger partial charge on any atom is -0.346 e. The molecule has 2 aliphatic carbocycles. The first-order chi connectivity index (χ1) is 21.0. The van der Waals surface area contributed by atoms with Crippen LogP contribution in [-0.2, 0) is 24.0 Å². The summed E-state index contributed by atoms with van der Waals surface area (Å²) in [4.78, 5) is 80.6. The Labute approximate surface area is 268 Å². The highest BCUT2D eigenvalue weighted by molar-refractivity contribution is 6.38. The molecule has 254 valence electrons. The number of fused-ring (bicyclic) bond motifs is 1. The van der Waals surface area contributed by atoms with Crippen molar-refractivity contribution in [1.29, 1.82) is 0 Å². The number of carbonyl (C=O) groups is 6. The molecule has 0 bridgehead atoms. The first kappa shape index (κ1) is 37.7. The van der Waals surface area contributed by atoms with Gasteiger partial charge in [0, 0.05) is 26.7 Å². The number of rotatable bonds is 14. The molecule has 5 atom stereocenters. The van der Waals surface area contributed by atoms with E-state index in [1.165, 1.54) is 11.0 Å². The Bertz CT molecular complexity index is 1090. The van der Waals surface area contributed by atoms with Gasteiger partial charge in [0.15, 0.2) is 0 Å². The lowest BCUT2D eigenvalue weighted by atomic mass is 9.85. The Hall–Kier alpha value is -3.44. The van der Waals surface area contributed by atoms with Crippen molar-refractivity contribution in [2.24, 2.45) is 29.1 Å². The number of urea groups is 1. The molecular weight excluding hydrogens is 576 g/mol. The Morgan fingerprint density at radius 1 is 1.02 bits per heavy atom. The van der Waals surface area contributed by atoms with E-state index in [1.807, 2.05) is 27.7 Å². The van der Waals surface area contributed by atoms with Gasteiger partial charge in [0.2, 0.25) is 23.5 Å². The maximum atomic E-state index is 13.8. The van der Waals surface area contributed by atoms with Gasteiger partial charge < -0.3 is 31.1 Å². The summed E-state index contributed by atoms with van der Waals surface area (Å²) in [5.74, 6) is -1.15. The first-order valence-electron chi connectivity index (χ1n) is 16.3. The topological polar surface area (TPSA) is 157 Å². The minimum atomic E-state index is -1.01. The number of likely N-dealkylation sites (N-methyl/N-ethyl adjacent to an activating group) is 1. The summed E-state index contributed by atoms with van der Waals surface area (Å²) in [6.07, 6.45) is 5.31. The van der Waals surface area contributed by atoms with E-state index in [9.17, 15) is 28.8 Å². The second kappa shape index (κ2) is 16.7. The van der Waals surface area contributed by atoms with Crippen LogP contribution in [0, 0.1) is 29.1 Å². The van der Waals surface area contributed by atoms with Gasteiger partial charge in [-0.3, -0.25) is 24.0 Å². The van der Waals surface area contributed by atoms with E-state index in [0.29, 0.717) is 25.4 Å². The summed E-state index contributed by atoms with van der Waals surface area (Å²) in [6, 6.07) is -3.42. The summed E-state index contributed by atoms with van der Waals surface area (Å²) < 4.78 is 0. The minimum absolute atomic E-state index is 0.0417. The number of nitrogens with zero attached hydrogens (tertiary/aromatic N) is 2. The number of likely N-dealkylation sites (tertiary alicyclic amines) is 1. The number of carbonyl (C=O) groups excluding carboxylic acids is 6. The van der Waals surface area contributed by atoms with Gasteiger partial charge in [-0.1, -0.05) is 61.0 Å². The van der Waals surface area contributed by atoms with Gasteiger partial charge in [-0.15, -0.1) is 6.58 Å². The average Bonchev–Trinajstić information content (AvgIpc) is 3.89. The summed E-state index contributed by atoms with van der Waals surface area (Å²) in [5.41, 5.74) is -0.695. The normalized spacial score (nSPS) is 21.3. The quantitative estimate of drug-likeness (QED) is 0.170. The van der Waals surface area contributed by atoms with Crippen molar-refractivity contribution in [1.82, 2.24) is 31.1 Å². The van der Waals surface area contributed by atoms with E-state index in [4.69, 9.17) is 0 Å². The van der Waals surface area contributed by atoms with Crippen molar-refractivity contribution in [3.05, 3.63) is 12.7 Å². The molecule has 12 heteroatoms. The molecule has 3 unspecified atom stereocenters. The second-order valence-electron chi connectivity index (χ2n) is 14.4. The number of nitrogens with one attached hydrogen (secondary N) is 4. The molecule has 12 nitrogen and oxygen atoms in total. The van der Waals surface area contributed by atoms with E-state index in [0.717, 1.165) is 25.2 Å². The molecule has 2 saturated carbocycles. The van der Waals surface area contributed by atoms with Gasteiger partial charge in [-0.2, -0.15) is 0 Å². The highest BCUT2D eigenvalue weighted by Crippen LogP contribution is 2.50. The van der Waals surface area contributed by atoms with Gasteiger partial charge in [0.1, 0.15) is 12.1 Å². The van der Waals surface area contributed by atoms with E-state index in [-0.39, 0.29) is 37.3 Å². The Kier molecular flexibility index (Phi) is 14.0. The smallest absolute Gasteiger partial charge is 0.315 e. The van der Waals surface area contributed by atoms with Crippen LogP contribution in [0.25, 0.3) is 0 Å². The molecule has 0 aromatic carbocycles. The zero-order valence-corrected chi connectivity index (χ0v) is 28.5. The molecule has 6 amide bonds. The molecular formula is C33H56N6O6. The summed E-state index contributed by atoms with van der Waals surface area (Å²) >= 11 is 0. The fourth-order valence-corrected chi connectivity index (χ4v) is 5.33. The van der Waals surface area contributed by atoms with Crippen LogP contribution in [-0.4, -0.2) is 96.6 Å². The van der Waals surface area contributed by atoms with Gasteiger partial charge in [0.25, 0.3) is 5.91 Å². The van der Waals surface area contributed by atoms with Crippen LogP contribution in [0.5, 0.6) is 0 Å². The largest absolute Gasteiger partial charge is 0.346 e. The number of hydrogen-bond acceptors (Lipinski definition) is 6. The fraction of sp³-hybridized carbons (Fsp3) is 0.758. The Morgan fingerprint density at radius 2 is 1.64 bits per heavy atom. The van der Waals surface area contributed by atoms with E-state index in [2.05, 4.69) is 48.6 Å². The molecule has 4 N–H and O–H groups in total. The number of amides is 6. The van der Waals surface area contributed by atoms with Crippen LogP contribution >= 0.6 is 0 Å². The highest BCUT2D eigenvalue weighted by atomic mass is 16.2. The third-order valence-electron chi connectivity index (χ3n) is 7.99. The molecule has 1 saturated heterocycles. The van der Waals surface area contributed by atoms with Gasteiger partial charge in [-0.05, 0) is 54.8 Å². The maximum absolute atomic E-state index is 13.8. The van der Waals surface area contributed by atoms with Crippen LogP contribution in [0.15, 0.2) is 12.7 Å². The summed E-state index contributed by atoms with van der Waals surface area (Å²) in [7, 11) is 1.71. The Morgan fingerprint density at radius 3 is 2.18 bits per heavy atom. The molecule has 45 heavy (non-hydrogen) atoms. The van der Waals surface area contributed by atoms with Crippen molar-refractivity contribution in [3.63, 3.8) is 0 Å². The van der Waals surface area contributed by atoms with E-state index in [1.54, 1.807) is 11.9 Å². The van der Waals surface area contributed by atoms with Gasteiger partial charge >= 0.3 is 6.03 Å². The fourth-order valence-electron chi connectivity index (χ4n) is 5.33. The van der Waals surface area contributed by atoms with Crippen molar-refractivity contribution in [2.45, 2.75) is 98.7 Å². The zero-order valence-electron chi connectivity index (χ0n) is 28.5. The zero-order chi connectivity index (χ0) is 34.1. The monoisotopic (exact) mass is 632 g/mol. The van der Waals surface area contributed by atoms with Crippen molar-refractivity contribution in [2.75, 3.05) is 33.2 Å². The lowest BCUT2D eigenvalue weighted by Crippen LogP contribution is -2.61. The predicted molar refractivity (Wildman–Crippen MR) is 173 cm³/mol. The van der Waals surface area contributed by atoms with Crippen molar-refractivity contribution >= 4 is 35.4 Å². The number of hydrogen-bond donors (Lipinski definition) is 4. The summed E-state index contributed by atoms with van der Waals surface area (Å²) in [6.45, 7) is 18.3. The van der Waals surface area contributed by atoms with Crippen molar-refractivity contribution in [3.8, 4) is 0 Å². The summed E-state index contributed by atoms with van der Waals surface area (Å²) in [5, 5.41) is 10.5. The van der Waals surface area contributed by atoms with Crippen LogP contribution in [0.3, 0.4) is 0 Å². The van der Waals surface area contributed by atoms with Crippen LogP contribution < -0.4 is 21.3 Å². The molecule has 3 fully saturated rings. The lowest BCUT2D eigenvalue weighted by molar-refractivity contribution is -0.144. The number of piperidine rings is 1. The Balaban J connectivity index is 0.00000166. The maximum Gasteiger partial charge on any atom is 0.315 e. The molecule has 0 spiro atoms. The molecule has 1 aliphatic heterocycles. The second-order valence-corrected chi connectivity index (χ2v) is 14.4. The van der Waals surface area contributed by atoms with Crippen molar-refractivity contribution < 1.29 is 28.8 Å². The SMILES string of the molecule is C=CCNC(=O)C(=O)C(CCC)NC(=O)[C@@H]1C2C[C@H]2CN1C(=O)C(NC(=O)NCC(=O)N(C)CC1CC1)C(C)(C)C.CC(C)C. The number of Topliss-reactive ketones (excluding diaryl/α,β-unsaturated/α-hetero) is 1. The molecule has 0 radical (unpaired) electrons. The van der Waals surface area contributed by atoms with Gasteiger partial charge in [0.05, 0.1) is 12.6 Å². The third kappa shape index (κ3) is 11.8. The van der Waals surface area contributed by atoms with Crippen LogP contribution in [0.1, 0.15) is 80.6 Å². The molecule has 3 aliphatic rings. The van der Waals surface area contributed by atoms with Crippen LogP contribution in [0.2, 0.25) is 0 Å². The molecule has 0 aromatic rings. The van der Waals surface area contributed by atoms with Gasteiger partial charge in [-0.25, -0.2) is 4.79 Å². The average molecular weight is 633 g/mol. The molecule has 1 heterocycles. The van der Waals surface area contributed by atoms with E-state index >= 15 is 0 Å². The first-order valence-corrected chi connectivity index (χ1v) is 16.3. The number of ketones is 1. The van der Waals surface area contributed by atoms with E-state index < -0.39 is 53.1 Å².